The zero-order valence-electron chi connectivity index (χ0n) is 9.59. The highest BCUT2D eigenvalue weighted by atomic mass is 16.5. The molecule has 0 aliphatic carbocycles. The fourth-order valence-corrected chi connectivity index (χ4v) is 2.56. The molecule has 0 amide bonds. The average molecular weight is 221 g/mol. The minimum Gasteiger partial charge on any atom is -0.378 e. The standard InChI is InChI=1S/C12H19N3O/c1-2-6-16-9(3-1)7-12-14-10-4-5-13-8-11(10)15-12/h9,13H,1-8H2,(H,14,15). The van der Waals surface area contributed by atoms with Gasteiger partial charge in [0.05, 0.1) is 17.5 Å². The molecule has 0 spiro atoms. The molecule has 4 nitrogen and oxygen atoms in total. The van der Waals surface area contributed by atoms with Crippen LogP contribution in [0, 0.1) is 0 Å². The van der Waals surface area contributed by atoms with Gasteiger partial charge in [0, 0.05) is 32.5 Å². The monoisotopic (exact) mass is 221 g/mol. The lowest BCUT2D eigenvalue weighted by molar-refractivity contribution is 0.0157. The van der Waals surface area contributed by atoms with E-state index in [9.17, 15) is 0 Å². The molecular weight excluding hydrogens is 202 g/mol. The van der Waals surface area contributed by atoms with E-state index in [1.165, 1.54) is 30.7 Å². The van der Waals surface area contributed by atoms with Crippen LogP contribution in [0.25, 0.3) is 0 Å². The predicted molar refractivity (Wildman–Crippen MR) is 61.3 cm³/mol. The predicted octanol–water partition coefficient (Wildman–Crippen LogP) is 1.17. The molecular formula is C12H19N3O. The summed E-state index contributed by atoms with van der Waals surface area (Å²) >= 11 is 0. The van der Waals surface area contributed by atoms with Crippen molar-refractivity contribution < 1.29 is 4.74 Å². The number of hydrogen-bond acceptors (Lipinski definition) is 3. The van der Waals surface area contributed by atoms with Crippen molar-refractivity contribution in [1.82, 2.24) is 15.3 Å². The summed E-state index contributed by atoms with van der Waals surface area (Å²) in [4.78, 5) is 8.10. The van der Waals surface area contributed by atoms with Gasteiger partial charge < -0.3 is 15.0 Å². The number of hydrogen-bond donors (Lipinski definition) is 2. The molecule has 1 fully saturated rings. The van der Waals surface area contributed by atoms with E-state index in [1.807, 2.05) is 0 Å². The van der Waals surface area contributed by atoms with Crippen molar-refractivity contribution in [1.29, 1.82) is 0 Å². The largest absolute Gasteiger partial charge is 0.378 e. The van der Waals surface area contributed by atoms with E-state index < -0.39 is 0 Å². The molecule has 3 rings (SSSR count). The van der Waals surface area contributed by atoms with Crippen LogP contribution in [0.5, 0.6) is 0 Å². The molecule has 88 valence electrons. The number of aromatic nitrogens is 2. The van der Waals surface area contributed by atoms with Crippen molar-refractivity contribution in [3.63, 3.8) is 0 Å². The van der Waals surface area contributed by atoms with Crippen LogP contribution in [-0.4, -0.2) is 29.2 Å². The van der Waals surface area contributed by atoms with Gasteiger partial charge in [0.1, 0.15) is 5.82 Å². The molecule has 3 heterocycles. The Bertz CT molecular complexity index is 332. The van der Waals surface area contributed by atoms with E-state index in [0.29, 0.717) is 6.10 Å². The Balaban J connectivity index is 1.67. The van der Waals surface area contributed by atoms with Gasteiger partial charge in [-0.25, -0.2) is 4.98 Å². The van der Waals surface area contributed by atoms with E-state index in [-0.39, 0.29) is 0 Å². The molecule has 1 atom stereocenters. The van der Waals surface area contributed by atoms with Crippen LogP contribution in [0.2, 0.25) is 0 Å². The maximum Gasteiger partial charge on any atom is 0.109 e. The molecule has 16 heavy (non-hydrogen) atoms. The summed E-state index contributed by atoms with van der Waals surface area (Å²) in [5.41, 5.74) is 2.53. The second-order valence-corrected chi connectivity index (χ2v) is 4.73. The van der Waals surface area contributed by atoms with E-state index in [4.69, 9.17) is 4.74 Å². The first-order chi connectivity index (χ1) is 7.92. The Morgan fingerprint density at radius 3 is 3.19 bits per heavy atom. The molecule has 2 N–H and O–H groups in total. The van der Waals surface area contributed by atoms with Crippen LogP contribution < -0.4 is 5.32 Å². The first-order valence-electron chi connectivity index (χ1n) is 6.31. The first kappa shape index (κ1) is 10.3. The molecule has 2 aliphatic rings. The Morgan fingerprint density at radius 2 is 2.38 bits per heavy atom. The number of ether oxygens (including phenoxy) is 1. The van der Waals surface area contributed by atoms with E-state index in [1.54, 1.807) is 0 Å². The number of H-pyrrole nitrogens is 1. The van der Waals surface area contributed by atoms with Crippen molar-refractivity contribution in [2.24, 2.45) is 0 Å². The summed E-state index contributed by atoms with van der Waals surface area (Å²) < 4.78 is 5.74. The van der Waals surface area contributed by atoms with Crippen LogP contribution in [0.3, 0.4) is 0 Å². The third-order valence-electron chi connectivity index (χ3n) is 3.45. The van der Waals surface area contributed by atoms with E-state index in [2.05, 4.69) is 15.3 Å². The average Bonchev–Trinajstić information content (AvgIpc) is 2.72. The lowest BCUT2D eigenvalue weighted by atomic mass is 10.1. The van der Waals surface area contributed by atoms with Crippen LogP contribution in [-0.2, 0) is 24.1 Å². The topological polar surface area (TPSA) is 49.9 Å². The summed E-state index contributed by atoms with van der Waals surface area (Å²) in [7, 11) is 0. The van der Waals surface area contributed by atoms with E-state index >= 15 is 0 Å². The number of rotatable bonds is 2. The lowest BCUT2D eigenvalue weighted by Gasteiger charge is -2.21. The normalized spacial score (nSPS) is 25.4. The molecule has 0 bridgehead atoms. The van der Waals surface area contributed by atoms with Gasteiger partial charge in [-0.3, -0.25) is 0 Å². The number of imidazole rings is 1. The smallest absolute Gasteiger partial charge is 0.109 e. The number of aromatic amines is 1. The van der Waals surface area contributed by atoms with Crippen molar-refractivity contribution in [3.8, 4) is 0 Å². The molecule has 4 heteroatoms. The van der Waals surface area contributed by atoms with Crippen molar-refractivity contribution in [2.75, 3.05) is 13.2 Å². The summed E-state index contributed by atoms with van der Waals surface area (Å²) in [5, 5.41) is 3.36. The van der Waals surface area contributed by atoms with Crippen LogP contribution in [0.1, 0.15) is 36.5 Å². The Kier molecular flexibility index (Phi) is 2.93. The maximum atomic E-state index is 5.74. The second-order valence-electron chi connectivity index (χ2n) is 4.73. The Morgan fingerprint density at radius 1 is 1.38 bits per heavy atom. The molecule has 0 saturated carbocycles. The first-order valence-corrected chi connectivity index (χ1v) is 6.31. The minimum atomic E-state index is 0.384. The van der Waals surface area contributed by atoms with Gasteiger partial charge in [0.25, 0.3) is 0 Å². The minimum absolute atomic E-state index is 0.384. The molecule has 2 aliphatic heterocycles. The van der Waals surface area contributed by atoms with Crippen LogP contribution >= 0.6 is 0 Å². The lowest BCUT2D eigenvalue weighted by Crippen LogP contribution is -2.23. The van der Waals surface area contributed by atoms with Gasteiger partial charge in [-0.2, -0.15) is 0 Å². The van der Waals surface area contributed by atoms with Gasteiger partial charge >= 0.3 is 0 Å². The number of fused-ring (bicyclic) bond motifs is 1. The summed E-state index contributed by atoms with van der Waals surface area (Å²) in [5.74, 6) is 1.11. The fraction of sp³-hybridized carbons (Fsp3) is 0.750. The van der Waals surface area contributed by atoms with Crippen molar-refractivity contribution in [2.45, 2.75) is 44.8 Å². The van der Waals surface area contributed by atoms with Crippen molar-refractivity contribution in [3.05, 3.63) is 17.2 Å². The fourth-order valence-electron chi connectivity index (χ4n) is 2.56. The highest BCUT2D eigenvalue weighted by Gasteiger charge is 2.19. The SMILES string of the molecule is C1CCC(Cc2nc3c([nH]2)CNCC3)OC1. The molecule has 1 saturated heterocycles. The molecule has 0 aromatic carbocycles. The van der Waals surface area contributed by atoms with Crippen LogP contribution in [0.4, 0.5) is 0 Å². The molecule has 0 radical (unpaired) electrons. The highest BCUT2D eigenvalue weighted by molar-refractivity contribution is 5.17. The van der Waals surface area contributed by atoms with Gasteiger partial charge in [-0.05, 0) is 19.3 Å². The Hall–Kier alpha value is -0.870. The number of nitrogens with one attached hydrogen (secondary N) is 2. The quantitative estimate of drug-likeness (QED) is 0.788. The summed E-state index contributed by atoms with van der Waals surface area (Å²) in [6.07, 6.45) is 6.09. The van der Waals surface area contributed by atoms with Gasteiger partial charge in [-0.1, -0.05) is 0 Å². The van der Waals surface area contributed by atoms with Gasteiger partial charge in [0.15, 0.2) is 0 Å². The zero-order chi connectivity index (χ0) is 10.8. The molecule has 1 aromatic heterocycles. The third-order valence-corrected chi connectivity index (χ3v) is 3.45. The van der Waals surface area contributed by atoms with Gasteiger partial charge in [0.2, 0.25) is 0 Å². The Labute approximate surface area is 95.8 Å². The van der Waals surface area contributed by atoms with Gasteiger partial charge in [-0.15, -0.1) is 0 Å². The van der Waals surface area contributed by atoms with E-state index in [0.717, 1.165) is 38.4 Å². The summed E-state index contributed by atoms with van der Waals surface area (Å²) in [6.45, 7) is 2.91. The molecule has 1 unspecified atom stereocenters. The third kappa shape index (κ3) is 2.13. The molecule has 1 aromatic rings. The van der Waals surface area contributed by atoms with Crippen LogP contribution in [0.15, 0.2) is 0 Å². The highest BCUT2D eigenvalue weighted by Crippen LogP contribution is 2.18. The second kappa shape index (κ2) is 4.55. The summed E-state index contributed by atoms with van der Waals surface area (Å²) in [6, 6.07) is 0. The number of nitrogens with zero attached hydrogens (tertiary/aromatic N) is 1. The van der Waals surface area contributed by atoms with Crippen molar-refractivity contribution >= 4 is 0 Å². The maximum absolute atomic E-state index is 5.74. The zero-order valence-corrected chi connectivity index (χ0v) is 9.59.